The highest BCUT2D eigenvalue weighted by atomic mass is 16.2. The van der Waals surface area contributed by atoms with Gasteiger partial charge in [0.15, 0.2) is 0 Å². The molecule has 2 heterocycles. The Morgan fingerprint density at radius 1 is 1.24 bits per heavy atom. The Hall–Kier alpha value is -2.96. The molecular weight excluding hydrogens is 318 g/mol. The van der Waals surface area contributed by atoms with E-state index in [2.05, 4.69) is 15.5 Å². The van der Waals surface area contributed by atoms with Gasteiger partial charge in [0.1, 0.15) is 5.54 Å². The van der Waals surface area contributed by atoms with Crippen molar-refractivity contribution in [1.82, 2.24) is 20.1 Å². The molecule has 1 aromatic carbocycles. The third-order valence-electron chi connectivity index (χ3n) is 4.73. The molecule has 1 atom stereocenters. The average molecular weight is 339 g/mol. The second-order valence-corrected chi connectivity index (χ2v) is 6.12. The Morgan fingerprint density at radius 2 is 1.92 bits per heavy atom. The normalized spacial score (nSPS) is 20.6. The number of imide groups is 1. The zero-order valence-corrected chi connectivity index (χ0v) is 14.8. The summed E-state index contributed by atoms with van der Waals surface area (Å²) in [5, 5.41) is 12.2. The summed E-state index contributed by atoms with van der Waals surface area (Å²) in [7, 11) is 1.84. The van der Waals surface area contributed by atoms with E-state index in [4.69, 9.17) is 0 Å². The second kappa shape index (κ2) is 6.16. The predicted octanol–water partition coefficient (Wildman–Crippen LogP) is 2.23. The predicted molar refractivity (Wildman–Crippen MR) is 94.1 cm³/mol. The van der Waals surface area contributed by atoms with Gasteiger partial charge in [-0.3, -0.25) is 9.48 Å². The monoisotopic (exact) mass is 339 g/mol. The summed E-state index contributed by atoms with van der Waals surface area (Å²) in [5.41, 5.74) is 2.19. The number of carbonyl (C=O) groups is 2. The summed E-state index contributed by atoms with van der Waals surface area (Å²) < 4.78 is 1.74. The van der Waals surface area contributed by atoms with Crippen molar-refractivity contribution < 1.29 is 9.59 Å². The lowest BCUT2D eigenvalue weighted by Crippen LogP contribution is -2.43. The summed E-state index contributed by atoms with van der Waals surface area (Å²) in [4.78, 5) is 25.4. The van der Waals surface area contributed by atoms with E-state index < -0.39 is 11.6 Å². The fourth-order valence-electron chi connectivity index (χ4n) is 3.12. The van der Waals surface area contributed by atoms with Crippen LogP contribution in [0.1, 0.15) is 35.9 Å². The van der Waals surface area contributed by atoms with E-state index in [1.807, 2.05) is 58.2 Å². The molecule has 7 heteroatoms. The lowest BCUT2D eigenvalue weighted by atomic mass is 9.87. The number of hydrogen-bond acceptors (Lipinski definition) is 4. The molecule has 3 rings (SSSR count). The van der Waals surface area contributed by atoms with E-state index in [0.717, 1.165) is 27.5 Å². The van der Waals surface area contributed by atoms with Gasteiger partial charge in [0, 0.05) is 18.3 Å². The smallest absolute Gasteiger partial charge is 0.318 e. The molecule has 3 amide bonds. The van der Waals surface area contributed by atoms with E-state index in [0.29, 0.717) is 6.42 Å². The van der Waals surface area contributed by atoms with Crippen LogP contribution in [0.5, 0.6) is 0 Å². The minimum Gasteiger partial charge on any atom is -0.318 e. The van der Waals surface area contributed by atoms with Crippen molar-refractivity contribution in [1.29, 1.82) is 0 Å². The van der Waals surface area contributed by atoms with Gasteiger partial charge >= 0.3 is 6.03 Å². The first kappa shape index (κ1) is 16.9. The van der Waals surface area contributed by atoms with Crippen LogP contribution in [0.15, 0.2) is 35.4 Å². The third-order valence-corrected chi connectivity index (χ3v) is 4.73. The van der Waals surface area contributed by atoms with E-state index in [9.17, 15) is 9.59 Å². The number of hydrogen-bond donors (Lipinski definition) is 1. The molecule has 0 unspecified atom stereocenters. The van der Waals surface area contributed by atoms with Crippen molar-refractivity contribution in [2.45, 2.75) is 32.7 Å². The van der Waals surface area contributed by atoms with Crippen LogP contribution >= 0.6 is 0 Å². The molecule has 2 aromatic rings. The Labute approximate surface area is 146 Å². The lowest BCUT2D eigenvalue weighted by Gasteiger charge is -2.24. The van der Waals surface area contributed by atoms with E-state index >= 15 is 0 Å². The van der Waals surface area contributed by atoms with Crippen LogP contribution in [-0.2, 0) is 17.4 Å². The zero-order chi connectivity index (χ0) is 18.2. The number of nitrogens with zero attached hydrogens (tertiary/aromatic N) is 4. The molecule has 0 spiro atoms. The van der Waals surface area contributed by atoms with Crippen LogP contribution in [-0.4, -0.2) is 32.9 Å². The summed E-state index contributed by atoms with van der Waals surface area (Å²) >= 11 is 0. The topological polar surface area (TPSA) is 79.6 Å². The zero-order valence-electron chi connectivity index (χ0n) is 14.8. The summed E-state index contributed by atoms with van der Waals surface area (Å²) in [5.74, 6) is -0.373. The molecule has 1 aromatic heterocycles. The molecule has 7 nitrogen and oxygen atoms in total. The highest BCUT2D eigenvalue weighted by molar-refractivity contribution is 6.07. The summed E-state index contributed by atoms with van der Waals surface area (Å²) in [6, 6.07) is 8.72. The molecule has 1 fully saturated rings. The van der Waals surface area contributed by atoms with Gasteiger partial charge < -0.3 is 5.32 Å². The van der Waals surface area contributed by atoms with E-state index in [1.165, 1.54) is 6.21 Å². The molecule has 1 aliphatic rings. The third kappa shape index (κ3) is 2.61. The molecule has 130 valence electrons. The minimum absolute atomic E-state index is 0.373. The van der Waals surface area contributed by atoms with Gasteiger partial charge in [0.05, 0.1) is 11.9 Å². The molecule has 0 aliphatic carbocycles. The van der Waals surface area contributed by atoms with Gasteiger partial charge in [0.25, 0.3) is 5.91 Å². The van der Waals surface area contributed by atoms with Gasteiger partial charge in [0.2, 0.25) is 0 Å². The van der Waals surface area contributed by atoms with Gasteiger partial charge in [-0.1, -0.05) is 37.3 Å². The van der Waals surface area contributed by atoms with Gasteiger partial charge in [-0.15, -0.1) is 5.01 Å². The van der Waals surface area contributed by atoms with Gasteiger partial charge in [-0.25, -0.2) is 4.79 Å². The highest BCUT2D eigenvalue weighted by Crippen LogP contribution is 2.32. The average Bonchev–Trinajstić information content (AvgIpc) is 3.00. The summed E-state index contributed by atoms with van der Waals surface area (Å²) in [6.45, 7) is 5.64. The summed E-state index contributed by atoms with van der Waals surface area (Å²) in [6.07, 6.45) is 1.96. The number of carbonyl (C=O) groups excluding carboxylic acids is 2. The maximum absolute atomic E-state index is 13.0. The van der Waals surface area contributed by atoms with Gasteiger partial charge in [-0.05, 0) is 25.8 Å². The number of nitrogens with one attached hydrogen (secondary N) is 1. The number of urea groups is 1. The number of hydrazone groups is 1. The molecule has 1 saturated heterocycles. The number of aryl methyl sites for hydroxylation is 2. The second-order valence-electron chi connectivity index (χ2n) is 6.12. The standard InChI is InChI=1S/C18H21N5O2/c1-5-18(14-9-7-6-8-10-14)16(24)23(17(25)20-18)19-11-15-12(2)21-22(4)13(15)3/h6-11H,5H2,1-4H3,(H,20,25)/t18-/m1/s1. The number of amides is 3. The first-order valence-corrected chi connectivity index (χ1v) is 8.17. The van der Waals surface area contributed by atoms with E-state index in [1.54, 1.807) is 4.68 Å². The maximum Gasteiger partial charge on any atom is 0.346 e. The van der Waals surface area contributed by atoms with Crippen molar-refractivity contribution in [2.24, 2.45) is 12.1 Å². The number of rotatable bonds is 4. The molecule has 1 aliphatic heterocycles. The molecule has 0 saturated carbocycles. The first-order valence-electron chi connectivity index (χ1n) is 8.17. The fraction of sp³-hybridized carbons (Fsp3) is 0.333. The highest BCUT2D eigenvalue weighted by Gasteiger charge is 2.51. The van der Waals surface area contributed by atoms with Crippen LogP contribution in [0.4, 0.5) is 4.79 Å². The van der Waals surface area contributed by atoms with E-state index in [-0.39, 0.29) is 5.91 Å². The van der Waals surface area contributed by atoms with Crippen LogP contribution in [0.3, 0.4) is 0 Å². The lowest BCUT2D eigenvalue weighted by molar-refractivity contribution is -0.131. The fourth-order valence-corrected chi connectivity index (χ4v) is 3.12. The van der Waals surface area contributed by atoms with Gasteiger partial charge in [-0.2, -0.15) is 10.2 Å². The van der Waals surface area contributed by atoms with Crippen LogP contribution in [0.2, 0.25) is 0 Å². The van der Waals surface area contributed by atoms with Crippen LogP contribution in [0.25, 0.3) is 0 Å². The number of aromatic nitrogens is 2. The molecule has 0 radical (unpaired) electrons. The van der Waals surface area contributed by atoms with Crippen LogP contribution in [0, 0.1) is 13.8 Å². The number of benzene rings is 1. The Kier molecular flexibility index (Phi) is 4.16. The quantitative estimate of drug-likeness (QED) is 0.685. The van der Waals surface area contributed by atoms with Crippen molar-refractivity contribution in [2.75, 3.05) is 0 Å². The Morgan fingerprint density at radius 3 is 2.48 bits per heavy atom. The Bertz CT molecular complexity index is 856. The molecule has 0 bridgehead atoms. The van der Waals surface area contributed by atoms with Crippen molar-refractivity contribution in [3.63, 3.8) is 0 Å². The molecular formula is C18H21N5O2. The molecule has 25 heavy (non-hydrogen) atoms. The maximum atomic E-state index is 13.0. The van der Waals surface area contributed by atoms with Crippen molar-refractivity contribution in [3.8, 4) is 0 Å². The first-order chi connectivity index (χ1) is 11.9. The molecule has 1 N–H and O–H groups in total. The minimum atomic E-state index is -1.07. The SMILES string of the molecule is CC[C@]1(c2ccccc2)NC(=O)N(N=Cc2c(C)nn(C)c2C)C1=O. The van der Waals surface area contributed by atoms with Crippen molar-refractivity contribution in [3.05, 3.63) is 52.8 Å². The van der Waals surface area contributed by atoms with Crippen LogP contribution < -0.4 is 5.32 Å². The Balaban J connectivity index is 1.95. The van der Waals surface area contributed by atoms with Crippen molar-refractivity contribution >= 4 is 18.2 Å². The largest absolute Gasteiger partial charge is 0.346 e.